The molecule has 1 aromatic heterocycles. The molecule has 0 unspecified atom stereocenters. The monoisotopic (exact) mass is 251 g/mol. The fraction of sp³-hybridized carbons (Fsp3) is 0.0667. The maximum Gasteiger partial charge on any atom is 0.176 e. The van der Waals surface area contributed by atoms with Crippen LogP contribution in [0.15, 0.2) is 48.5 Å². The van der Waals surface area contributed by atoms with Gasteiger partial charge < -0.3 is 10.6 Å². The van der Waals surface area contributed by atoms with Crippen LogP contribution in [0.5, 0.6) is 0 Å². The molecule has 0 atom stereocenters. The molecule has 0 radical (unpaired) electrons. The molecule has 0 fully saturated rings. The maximum absolute atomic E-state index is 10.2. The second kappa shape index (κ2) is 4.24. The summed E-state index contributed by atoms with van der Waals surface area (Å²) in [7, 11) is 0. The first-order chi connectivity index (χ1) is 9.16. The van der Waals surface area contributed by atoms with Crippen molar-refractivity contribution in [1.82, 2.24) is 9.71 Å². The number of aromatic nitrogens is 2. The number of fused-ring (bicyclic) bond motifs is 1. The molecular weight excluding hydrogens is 238 g/mol. The molecule has 0 saturated carbocycles. The van der Waals surface area contributed by atoms with Gasteiger partial charge in [-0.3, -0.25) is 0 Å². The molecule has 3 aromatic rings. The Morgan fingerprint density at radius 3 is 2.58 bits per heavy atom. The first-order valence-corrected chi connectivity index (χ1v) is 5.99. The lowest BCUT2D eigenvalue weighted by Gasteiger charge is -2.01. The first-order valence-electron chi connectivity index (χ1n) is 5.99. The van der Waals surface area contributed by atoms with Crippen LogP contribution < -0.4 is 0 Å². The van der Waals surface area contributed by atoms with Gasteiger partial charge in [0, 0.05) is 11.3 Å². The van der Waals surface area contributed by atoms with Crippen molar-refractivity contribution in [2.75, 3.05) is 0 Å². The molecule has 2 aromatic carbocycles. The highest BCUT2D eigenvalue weighted by Gasteiger charge is 2.12. The van der Waals surface area contributed by atoms with E-state index in [0.29, 0.717) is 22.6 Å². The Kier molecular flexibility index (Phi) is 2.56. The predicted molar refractivity (Wildman–Crippen MR) is 74.9 cm³/mol. The summed E-state index contributed by atoms with van der Waals surface area (Å²) in [6, 6.07) is 15.0. The van der Waals surface area contributed by atoms with E-state index in [-0.39, 0.29) is 0 Å². The van der Waals surface area contributed by atoms with Crippen molar-refractivity contribution >= 4 is 16.7 Å². The number of hydrogen-bond acceptors (Lipinski definition) is 3. The lowest BCUT2D eigenvalue weighted by atomic mass is 10.1. The molecule has 0 aliphatic rings. The largest absolute Gasteiger partial charge is 0.426 e. The van der Waals surface area contributed by atoms with E-state index in [1.54, 1.807) is 13.0 Å². The molecule has 19 heavy (non-hydrogen) atoms. The zero-order valence-corrected chi connectivity index (χ0v) is 10.5. The van der Waals surface area contributed by atoms with Crippen molar-refractivity contribution in [3.05, 3.63) is 54.1 Å². The van der Waals surface area contributed by atoms with Crippen LogP contribution in [-0.4, -0.2) is 20.6 Å². The fourth-order valence-corrected chi connectivity index (χ4v) is 2.07. The van der Waals surface area contributed by atoms with Gasteiger partial charge in [-0.05, 0) is 24.6 Å². The molecule has 4 heteroatoms. The molecule has 0 bridgehead atoms. The van der Waals surface area contributed by atoms with Crippen molar-refractivity contribution in [2.24, 2.45) is 0 Å². The quantitative estimate of drug-likeness (QED) is 0.542. The summed E-state index contributed by atoms with van der Waals surface area (Å²) >= 11 is 0. The Labute approximate surface area is 110 Å². The Hall–Kier alpha value is -2.62. The SMILES string of the molecule is CC(=N)c1ccc2nc(-c3ccccc3)n(O)c2c1. The Bertz CT molecular complexity index is 760. The Morgan fingerprint density at radius 2 is 1.89 bits per heavy atom. The number of rotatable bonds is 2. The lowest BCUT2D eigenvalue weighted by molar-refractivity contribution is 0.203. The van der Waals surface area contributed by atoms with Crippen molar-refractivity contribution in [3.8, 4) is 11.4 Å². The number of imidazole rings is 1. The van der Waals surface area contributed by atoms with E-state index >= 15 is 0 Å². The highest BCUT2D eigenvalue weighted by molar-refractivity contribution is 5.99. The van der Waals surface area contributed by atoms with Crippen molar-refractivity contribution in [2.45, 2.75) is 6.92 Å². The van der Waals surface area contributed by atoms with Crippen molar-refractivity contribution in [1.29, 1.82) is 5.41 Å². The van der Waals surface area contributed by atoms with Gasteiger partial charge in [0.2, 0.25) is 0 Å². The topological polar surface area (TPSA) is 61.9 Å². The van der Waals surface area contributed by atoms with E-state index in [2.05, 4.69) is 4.98 Å². The third-order valence-electron chi connectivity index (χ3n) is 3.10. The van der Waals surface area contributed by atoms with Crippen LogP contribution in [0, 0.1) is 5.41 Å². The summed E-state index contributed by atoms with van der Waals surface area (Å²) in [5.41, 5.74) is 3.43. The van der Waals surface area contributed by atoms with Gasteiger partial charge in [0.25, 0.3) is 0 Å². The first kappa shape index (κ1) is 11.5. The summed E-state index contributed by atoms with van der Waals surface area (Å²) < 4.78 is 1.08. The minimum absolute atomic E-state index is 0.462. The zero-order valence-electron chi connectivity index (χ0n) is 10.5. The second-order valence-electron chi connectivity index (χ2n) is 4.44. The van der Waals surface area contributed by atoms with E-state index in [0.717, 1.165) is 15.9 Å². The smallest absolute Gasteiger partial charge is 0.176 e. The third-order valence-corrected chi connectivity index (χ3v) is 3.10. The van der Waals surface area contributed by atoms with Crippen molar-refractivity contribution in [3.63, 3.8) is 0 Å². The molecule has 0 aliphatic heterocycles. The van der Waals surface area contributed by atoms with E-state index in [1.807, 2.05) is 42.5 Å². The van der Waals surface area contributed by atoms with Gasteiger partial charge >= 0.3 is 0 Å². The number of nitrogens with one attached hydrogen (secondary N) is 1. The maximum atomic E-state index is 10.2. The fourth-order valence-electron chi connectivity index (χ4n) is 2.07. The highest BCUT2D eigenvalue weighted by Crippen LogP contribution is 2.24. The van der Waals surface area contributed by atoms with Crippen LogP contribution in [0.25, 0.3) is 22.4 Å². The van der Waals surface area contributed by atoms with Crippen LogP contribution in [-0.2, 0) is 0 Å². The van der Waals surface area contributed by atoms with E-state index in [9.17, 15) is 5.21 Å². The number of nitrogens with zero attached hydrogens (tertiary/aromatic N) is 2. The zero-order chi connectivity index (χ0) is 13.4. The molecule has 0 amide bonds. The highest BCUT2D eigenvalue weighted by atomic mass is 16.5. The van der Waals surface area contributed by atoms with Gasteiger partial charge in [-0.15, -0.1) is 0 Å². The molecule has 1 heterocycles. The Morgan fingerprint density at radius 1 is 1.16 bits per heavy atom. The van der Waals surface area contributed by atoms with Crippen LogP contribution in [0.2, 0.25) is 0 Å². The molecular formula is C15H13N3O. The minimum Gasteiger partial charge on any atom is -0.426 e. The molecule has 4 nitrogen and oxygen atoms in total. The van der Waals surface area contributed by atoms with E-state index in [1.165, 1.54) is 0 Å². The standard InChI is InChI=1S/C15H13N3O/c1-10(16)12-7-8-13-14(9-12)18(19)15(17-13)11-5-3-2-4-6-11/h2-9,16,19H,1H3. The van der Waals surface area contributed by atoms with Crippen LogP contribution >= 0.6 is 0 Å². The van der Waals surface area contributed by atoms with E-state index in [4.69, 9.17) is 5.41 Å². The normalized spacial score (nSPS) is 10.8. The molecule has 3 rings (SSSR count). The molecule has 94 valence electrons. The summed E-state index contributed by atoms with van der Waals surface area (Å²) in [5.74, 6) is 0.510. The van der Waals surface area contributed by atoms with Gasteiger partial charge in [-0.25, -0.2) is 4.98 Å². The van der Waals surface area contributed by atoms with Crippen molar-refractivity contribution < 1.29 is 5.21 Å². The summed E-state index contributed by atoms with van der Waals surface area (Å²) in [4.78, 5) is 4.43. The summed E-state index contributed by atoms with van der Waals surface area (Å²) in [5, 5.41) is 17.9. The average molecular weight is 251 g/mol. The third kappa shape index (κ3) is 1.87. The van der Waals surface area contributed by atoms with Gasteiger partial charge in [-0.1, -0.05) is 36.4 Å². The predicted octanol–water partition coefficient (Wildman–Crippen LogP) is 3.33. The van der Waals surface area contributed by atoms with Gasteiger partial charge in [0.15, 0.2) is 5.82 Å². The number of hydrogen-bond donors (Lipinski definition) is 2. The summed E-state index contributed by atoms with van der Waals surface area (Å²) in [6.45, 7) is 1.72. The minimum atomic E-state index is 0.462. The van der Waals surface area contributed by atoms with Crippen LogP contribution in [0.4, 0.5) is 0 Å². The van der Waals surface area contributed by atoms with Gasteiger partial charge in [-0.2, -0.15) is 4.73 Å². The molecule has 2 N–H and O–H groups in total. The molecule has 0 saturated heterocycles. The number of benzene rings is 2. The molecule has 0 aliphatic carbocycles. The van der Waals surface area contributed by atoms with Gasteiger partial charge in [0.1, 0.15) is 5.52 Å². The second-order valence-corrected chi connectivity index (χ2v) is 4.44. The lowest BCUT2D eigenvalue weighted by Crippen LogP contribution is -1.96. The van der Waals surface area contributed by atoms with E-state index < -0.39 is 0 Å². The average Bonchev–Trinajstić information content (AvgIpc) is 2.77. The summed E-state index contributed by atoms with van der Waals surface area (Å²) in [6.07, 6.45) is 0. The van der Waals surface area contributed by atoms with Crippen LogP contribution in [0.3, 0.4) is 0 Å². The molecule has 0 spiro atoms. The Balaban J connectivity index is 2.24. The van der Waals surface area contributed by atoms with Gasteiger partial charge in [0.05, 0.1) is 5.52 Å². The van der Waals surface area contributed by atoms with Crippen LogP contribution in [0.1, 0.15) is 12.5 Å².